The molecule has 0 unspecified atom stereocenters. The first-order valence-corrected chi connectivity index (χ1v) is 9.98. The Bertz CT molecular complexity index is 728. The van der Waals surface area contributed by atoms with Crippen molar-refractivity contribution in [1.82, 2.24) is 10.2 Å². The second-order valence-electron chi connectivity index (χ2n) is 6.58. The molecule has 3 rings (SSSR count). The Kier molecular flexibility index (Phi) is 7.12. The van der Waals surface area contributed by atoms with E-state index in [1.807, 2.05) is 36.4 Å². The minimum absolute atomic E-state index is 0.0109. The highest BCUT2D eigenvalue weighted by Crippen LogP contribution is 2.26. The van der Waals surface area contributed by atoms with Crippen LogP contribution in [0.1, 0.15) is 24.4 Å². The second kappa shape index (κ2) is 9.76. The molecule has 1 atom stereocenters. The molecule has 0 aliphatic carbocycles. The van der Waals surface area contributed by atoms with Gasteiger partial charge in [-0.05, 0) is 67.9 Å². The predicted molar refractivity (Wildman–Crippen MR) is 109 cm³/mol. The van der Waals surface area contributed by atoms with Gasteiger partial charge in [0.1, 0.15) is 11.5 Å². The zero-order chi connectivity index (χ0) is 19.1. The summed E-state index contributed by atoms with van der Waals surface area (Å²) in [6, 6.07) is 15.7. The molecule has 1 heterocycles. The van der Waals surface area contributed by atoms with Gasteiger partial charge in [-0.3, -0.25) is 9.69 Å². The molecule has 1 amide bonds. The number of halogens is 1. The van der Waals surface area contributed by atoms with Gasteiger partial charge in [0.2, 0.25) is 0 Å². The topological polar surface area (TPSA) is 50.8 Å². The SMILES string of the molecule is COc1ccc([C@H](CNC(=O)COc2ccc(Br)cc2)N2CCCC2)cc1. The summed E-state index contributed by atoms with van der Waals surface area (Å²) in [5.74, 6) is 1.40. The van der Waals surface area contributed by atoms with Crippen LogP contribution in [0.2, 0.25) is 0 Å². The van der Waals surface area contributed by atoms with Gasteiger partial charge < -0.3 is 14.8 Å². The highest BCUT2D eigenvalue weighted by atomic mass is 79.9. The molecular formula is C21H25BrN2O3. The summed E-state index contributed by atoms with van der Waals surface area (Å²) in [5, 5.41) is 3.02. The van der Waals surface area contributed by atoms with Gasteiger partial charge in [0.25, 0.3) is 5.91 Å². The number of rotatable bonds is 8. The minimum Gasteiger partial charge on any atom is -0.497 e. The van der Waals surface area contributed by atoms with E-state index in [1.54, 1.807) is 7.11 Å². The molecule has 1 saturated heterocycles. The van der Waals surface area contributed by atoms with Crippen LogP contribution in [0.4, 0.5) is 0 Å². The zero-order valence-electron chi connectivity index (χ0n) is 15.5. The number of likely N-dealkylation sites (tertiary alicyclic amines) is 1. The third kappa shape index (κ3) is 5.71. The number of ether oxygens (including phenoxy) is 2. The molecule has 0 bridgehead atoms. The molecule has 144 valence electrons. The third-order valence-corrected chi connectivity index (χ3v) is 5.29. The van der Waals surface area contributed by atoms with Crippen LogP contribution < -0.4 is 14.8 Å². The molecule has 1 aliphatic rings. The Morgan fingerprint density at radius 3 is 2.33 bits per heavy atom. The normalized spacial score (nSPS) is 15.3. The molecule has 1 aliphatic heterocycles. The number of hydrogen-bond donors (Lipinski definition) is 1. The highest BCUT2D eigenvalue weighted by Gasteiger charge is 2.24. The summed E-state index contributed by atoms with van der Waals surface area (Å²) in [7, 11) is 1.67. The number of nitrogens with zero attached hydrogens (tertiary/aromatic N) is 1. The van der Waals surface area contributed by atoms with E-state index in [0.29, 0.717) is 12.3 Å². The lowest BCUT2D eigenvalue weighted by molar-refractivity contribution is -0.123. The monoisotopic (exact) mass is 432 g/mol. The van der Waals surface area contributed by atoms with Gasteiger partial charge in [0.15, 0.2) is 6.61 Å². The molecule has 1 N–H and O–H groups in total. The fraction of sp³-hybridized carbons (Fsp3) is 0.381. The Morgan fingerprint density at radius 2 is 1.70 bits per heavy atom. The van der Waals surface area contributed by atoms with Crippen molar-refractivity contribution in [3.8, 4) is 11.5 Å². The van der Waals surface area contributed by atoms with E-state index in [-0.39, 0.29) is 18.6 Å². The lowest BCUT2D eigenvalue weighted by Gasteiger charge is -2.28. The van der Waals surface area contributed by atoms with Crippen LogP contribution in [0, 0.1) is 0 Å². The molecule has 2 aromatic carbocycles. The van der Waals surface area contributed by atoms with E-state index in [4.69, 9.17) is 9.47 Å². The first kappa shape index (κ1) is 19.7. The van der Waals surface area contributed by atoms with E-state index < -0.39 is 0 Å². The fourth-order valence-corrected chi connectivity index (χ4v) is 3.54. The van der Waals surface area contributed by atoms with Crippen molar-refractivity contribution in [1.29, 1.82) is 0 Å². The summed E-state index contributed by atoms with van der Waals surface area (Å²) in [6.45, 7) is 2.69. The number of carbonyl (C=O) groups excluding carboxylic acids is 1. The van der Waals surface area contributed by atoms with Crippen LogP contribution in [-0.2, 0) is 4.79 Å². The standard InChI is InChI=1S/C21H25BrN2O3/c1-26-18-8-4-16(5-9-18)20(24-12-2-3-13-24)14-23-21(25)15-27-19-10-6-17(22)7-11-19/h4-11,20H,2-3,12-15H2,1H3,(H,23,25)/t20-/m0/s1. The van der Waals surface area contributed by atoms with Gasteiger partial charge >= 0.3 is 0 Å². The van der Waals surface area contributed by atoms with Crippen molar-refractivity contribution in [3.05, 3.63) is 58.6 Å². The second-order valence-corrected chi connectivity index (χ2v) is 7.49. The van der Waals surface area contributed by atoms with Crippen molar-refractivity contribution in [2.45, 2.75) is 18.9 Å². The van der Waals surface area contributed by atoms with Crippen molar-refractivity contribution in [3.63, 3.8) is 0 Å². The third-order valence-electron chi connectivity index (χ3n) is 4.76. The molecule has 0 aromatic heterocycles. The summed E-state index contributed by atoms with van der Waals surface area (Å²) in [6.07, 6.45) is 2.40. The quantitative estimate of drug-likeness (QED) is 0.689. The van der Waals surface area contributed by atoms with Crippen LogP contribution in [0.15, 0.2) is 53.0 Å². The summed E-state index contributed by atoms with van der Waals surface area (Å²) >= 11 is 3.38. The van der Waals surface area contributed by atoms with Crippen LogP contribution in [0.5, 0.6) is 11.5 Å². The van der Waals surface area contributed by atoms with E-state index in [2.05, 4.69) is 38.3 Å². The average Bonchev–Trinajstić information content (AvgIpc) is 3.23. The number of benzene rings is 2. The fourth-order valence-electron chi connectivity index (χ4n) is 3.28. The Morgan fingerprint density at radius 1 is 1.07 bits per heavy atom. The first-order chi connectivity index (χ1) is 13.2. The van der Waals surface area contributed by atoms with Gasteiger partial charge in [-0.1, -0.05) is 28.1 Å². The Labute approximate surface area is 168 Å². The van der Waals surface area contributed by atoms with Gasteiger partial charge in [0.05, 0.1) is 13.2 Å². The summed E-state index contributed by atoms with van der Waals surface area (Å²) in [5.41, 5.74) is 1.19. The van der Waals surface area contributed by atoms with E-state index >= 15 is 0 Å². The van der Waals surface area contributed by atoms with Gasteiger partial charge in [-0.2, -0.15) is 0 Å². The molecule has 27 heavy (non-hydrogen) atoms. The summed E-state index contributed by atoms with van der Waals surface area (Å²) < 4.78 is 11.8. The van der Waals surface area contributed by atoms with E-state index in [9.17, 15) is 4.79 Å². The summed E-state index contributed by atoms with van der Waals surface area (Å²) in [4.78, 5) is 14.7. The highest BCUT2D eigenvalue weighted by molar-refractivity contribution is 9.10. The van der Waals surface area contributed by atoms with Crippen LogP contribution >= 0.6 is 15.9 Å². The molecule has 0 saturated carbocycles. The van der Waals surface area contributed by atoms with Gasteiger partial charge in [-0.15, -0.1) is 0 Å². The Balaban J connectivity index is 1.56. The van der Waals surface area contributed by atoms with Crippen LogP contribution in [0.3, 0.4) is 0 Å². The van der Waals surface area contributed by atoms with Crippen molar-refractivity contribution >= 4 is 21.8 Å². The maximum Gasteiger partial charge on any atom is 0.258 e. The molecule has 0 spiro atoms. The molecular weight excluding hydrogens is 408 g/mol. The van der Waals surface area contributed by atoms with E-state index in [0.717, 1.165) is 23.3 Å². The van der Waals surface area contributed by atoms with Gasteiger partial charge in [0, 0.05) is 11.0 Å². The van der Waals surface area contributed by atoms with Crippen LogP contribution in [-0.4, -0.2) is 44.2 Å². The lowest BCUT2D eigenvalue weighted by Crippen LogP contribution is -2.38. The Hall–Kier alpha value is -2.05. The van der Waals surface area contributed by atoms with Crippen molar-refractivity contribution < 1.29 is 14.3 Å². The number of methoxy groups -OCH3 is 1. The molecule has 5 nitrogen and oxygen atoms in total. The smallest absolute Gasteiger partial charge is 0.258 e. The van der Waals surface area contributed by atoms with Crippen LogP contribution in [0.25, 0.3) is 0 Å². The molecule has 0 radical (unpaired) electrons. The largest absolute Gasteiger partial charge is 0.497 e. The first-order valence-electron chi connectivity index (χ1n) is 9.19. The molecule has 6 heteroatoms. The average molecular weight is 433 g/mol. The molecule has 2 aromatic rings. The number of nitrogens with one attached hydrogen (secondary N) is 1. The maximum absolute atomic E-state index is 12.3. The lowest BCUT2D eigenvalue weighted by atomic mass is 10.1. The molecule has 1 fully saturated rings. The maximum atomic E-state index is 12.3. The van der Waals surface area contributed by atoms with Gasteiger partial charge in [-0.25, -0.2) is 0 Å². The number of amides is 1. The number of hydrogen-bond acceptors (Lipinski definition) is 4. The minimum atomic E-state index is -0.115. The number of carbonyl (C=O) groups is 1. The van der Waals surface area contributed by atoms with Crippen molar-refractivity contribution in [2.24, 2.45) is 0 Å². The predicted octanol–water partition coefficient (Wildman–Crippen LogP) is 3.79. The van der Waals surface area contributed by atoms with Crippen molar-refractivity contribution in [2.75, 3.05) is 33.4 Å². The zero-order valence-corrected chi connectivity index (χ0v) is 17.1. The van der Waals surface area contributed by atoms with E-state index in [1.165, 1.54) is 18.4 Å².